The molecule has 1 aromatic rings. The Labute approximate surface area is 85.1 Å². The quantitative estimate of drug-likeness (QED) is 0.850. The Morgan fingerprint density at radius 3 is 2.77 bits per heavy atom. The maximum absolute atomic E-state index is 9.39. The molecule has 0 aromatic heterocycles. The second-order valence-electron chi connectivity index (χ2n) is 2.59. The van der Waals surface area contributed by atoms with E-state index in [2.05, 4.69) is 15.9 Å². The highest BCUT2D eigenvalue weighted by Gasteiger charge is 2.10. The minimum absolute atomic E-state index is 0.300. The van der Waals surface area contributed by atoms with Crippen LogP contribution < -0.4 is 4.74 Å². The average molecular weight is 247 g/mol. The highest BCUT2D eigenvalue weighted by molar-refractivity contribution is 9.10. The number of rotatable bonds is 3. The summed E-state index contributed by atoms with van der Waals surface area (Å²) in [6.07, 6.45) is -0.871. The summed E-state index contributed by atoms with van der Waals surface area (Å²) >= 11 is 3.27. The maximum Gasteiger partial charge on any atom is 0.119 e. The molecule has 0 saturated carbocycles. The van der Waals surface area contributed by atoms with Gasteiger partial charge in [-0.1, -0.05) is 15.9 Å². The molecular weight excluding hydrogens is 236 g/mol. The Kier molecular flexibility index (Phi) is 3.71. The van der Waals surface area contributed by atoms with Crippen molar-refractivity contribution < 1.29 is 14.9 Å². The van der Waals surface area contributed by atoms with E-state index in [0.29, 0.717) is 11.3 Å². The van der Waals surface area contributed by atoms with E-state index in [9.17, 15) is 5.11 Å². The Bertz CT molecular complexity index is 288. The maximum atomic E-state index is 9.39. The summed E-state index contributed by atoms with van der Waals surface area (Å²) in [5, 5.41) is 18.2. The van der Waals surface area contributed by atoms with E-state index in [-0.39, 0.29) is 6.61 Å². The zero-order chi connectivity index (χ0) is 9.84. The largest absolute Gasteiger partial charge is 0.497 e. The fourth-order valence-electron chi connectivity index (χ4n) is 1.00. The molecule has 1 rings (SSSR count). The standard InChI is InChI=1S/C9H11BrO3/c1-13-6-2-3-8(10)7(4-6)9(12)5-11/h2-4,9,11-12H,5H2,1H3. The molecule has 72 valence electrons. The normalized spacial score (nSPS) is 12.6. The van der Waals surface area contributed by atoms with Gasteiger partial charge >= 0.3 is 0 Å². The second kappa shape index (κ2) is 4.60. The summed E-state index contributed by atoms with van der Waals surface area (Å²) < 4.78 is 5.75. The van der Waals surface area contributed by atoms with E-state index < -0.39 is 6.10 Å². The van der Waals surface area contributed by atoms with Crippen molar-refractivity contribution in [1.82, 2.24) is 0 Å². The Balaban J connectivity index is 3.03. The minimum atomic E-state index is -0.871. The third-order valence-electron chi connectivity index (χ3n) is 1.74. The van der Waals surface area contributed by atoms with Crippen LogP contribution in [0.5, 0.6) is 5.75 Å². The predicted octanol–water partition coefficient (Wildman–Crippen LogP) is 1.48. The first-order chi connectivity index (χ1) is 6.19. The van der Waals surface area contributed by atoms with E-state index in [0.717, 1.165) is 4.47 Å². The van der Waals surface area contributed by atoms with Gasteiger partial charge in [-0.05, 0) is 18.2 Å². The number of aliphatic hydroxyl groups excluding tert-OH is 2. The van der Waals surface area contributed by atoms with Gasteiger partial charge in [-0.15, -0.1) is 0 Å². The molecule has 1 atom stereocenters. The Morgan fingerprint density at radius 2 is 2.23 bits per heavy atom. The van der Waals surface area contributed by atoms with Gasteiger partial charge in [0.1, 0.15) is 11.9 Å². The number of aliphatic hydroxyl groups is 2. The van der Waals surface area contributed by atoms with Gasteiger partial charge in [0.05, 0.1) is 13.7 Å². The van der Waals surface area contributed by atoms with Gasteiger partial charge in [-0.25, -0.2) is 0 Å². The lowest BCUT2D eigenvalue weighted by atomic mass is 10.1. The smallest absolute Gasteiger partial charge is 0.119 e. The summed E-state index contributed by atoms with van der Waals surface area (Å²) in [5.74, 6) is 0.658. The monoisotopic (exact) mass is 246 g/mol. The number of methoxy groups -OCH3 is 1. The zero-order valence-electron chi connectivity index (χ0n) is 7.20. The summed E-state index contributed by atoms with van der Waals surface area (Å²) in [6.45, 7) is -0.300. The molecule has 0 aliphatic rings. The van der Waals surface area contributed by atoms with Crippen LogP contribution in [0, 0.1) is 0 Å². The summed E-state index contributed by atoms with van der Waals surface area (Å²) in [4.78, 5) is 0. The molecule has 0 heterocycles. The lowest BCUT2D eigenvalue weighted by molar-refractivity contribution is 0.0949. The molecule has 1 unspecified atom stereocenters. The van der Waals surface area contributed by atoms with Crippen LogP contribution in [0.2, 0.25) is 0 Å². The van der Waals surface area contributed by atoms with Gasteiger partial charge in [0, 0.05) is 10.0 Å². The van der Waals surface area contributed by atoms with Crippen molar-refractivity contribution in [3.8, 4) is 5.75 Å². The van der Waals surface area contributed by atoms with Crippen molar-refractivity contribution in [2.45, 2.75) is 6.10 Å². The van der Waals surface area contributed by atoms with E-state index in [1.807, 2.05) is 0 Å². The first-order valence-corrected chi connectivity index (χ1v) is 4.60. The first kappa shape index (κ1) is 10.5. The molecule has 3 nitrogen and oxygen atoms in total. The number of ether oxygens (including phenoxy) is 1. The fourth-order valence-corrected chi connectivity index (χ4v) is 1.51. The molecule has 0 aliphatic heterocycles. The van der Waals surface area contributed by atoms with Crippen LogP contribution in [0.1, 0.15) is 11.7 Å². The lowest BCUT2D eigenvalue weighted by Crippen LogP contribution is -2.03. The van der Waals surface area contributed by atoms with E-state index in [4.69, 9.17) is 9.84 Å². The van der Waals surface area contributed by atoms with Crippen molar-refractivity contribution in [3.05, 3.63) is 28.2 Å². The number of hydrogen-bond donors (Lipinski definition) is 2. The van der Waals surface area contributed by atoms with Crippen LogP contribution in [0.25, 0.3) is 0 Å². The second-order valence-corrected chi connectivity index (χ2v) is 3.44. The van der Waals surface area contributed by atoms with E-state index in [1.54, 1.807) is 25.3 Å². The van der Waals surface area contributed by atoms with Crippen molar-refractivity contribution in [1.29, 1.82) is 0 Å². The van der Waals surface area contributed by atoms with Crippen LogP contribution in [0.15, 0.2) is 22.7 Å². The Morgan fingerprint density at radius 1 is 1.54 bits per heavy atom. The molecule has 0 fully saturated rings. The minimum Gasteiger partial charge on any atom is -0.497 e. The molecule has 0 amide bonds. The van der Waals surface area contributed by atoms with Gasteiger partial charge in [0.15, 0.2) is 0 Å². The lowest BCUT2D eigenvalue weighted by Gasteiger charge is -2.11. The molecule has 0 saturated heterocycles. The SMILES string of the molecule is COc1ccc(Br)c(C(O)CO)c1. The van der Waals surface area contributed by atoms with E-state index >= 15 is 0 Å². The van der Waals surface area contributed by atoms with Crippen LogP contribution in [-0.4, -0.2) is 23.9 Å². The Hall–Kier alpha value is -0.580. The summed E-state index contributed by atoms with van der Waals surface area (Å²) in [6, 6.07) is 5.23. The van der Waals surface area contributed by atoms with Gasteiger partial charge < -0.3 is 14.9 Å². The summed E-state index contributed by atoms with van der Waals surface area (Å²) in [5.41, 5.74) is 0.627. The first-order valence-electron chi connectivity index (χ1n) is 3.81. The van der Waals surface area contributed by atoms with E-state index in [1.165, 1.54) is 0 Å². The van der Waals surface area contributed by atoms with Crippen LogP contribution in [0.3, 0.4) is 0 Å². The third kappa shape index (κ3) is 2.43. The highest BCUT2D eigenvalue weighted by Crippen LogP contribution is 2.27. The molecule has 0 spiro atoms. The van der Waals surface area contributed by atoms with Crippen molar-refractivity contribution >= 4 is 15.9 Å². The summed E-state index contributed by atoms with van der Waals surface area (Å²) in [7, 11) is 1.55. The van der Waals surface area contributed by atoms with Crippen LogP contribution in [0.4, 0.5) is 0 Å². The van der Waals surface area contributed by atoms with Crippen LogP contribution in [-0.2, 0) is 0 Å². The fraction of sp³-hybridized carbons (Fsp3) is 0.333. The van der Waals surface area contributed by atoms with Crippen LogP contribution >= 0.6 is 15.9 Å². The van der Waals surface area contributed by atoms with Gasteiger partial charge in [-0.3, -0.25) is 0 Å². The van der Waals surface area contributed by atoms with Crippen molar-refractivity contribution in [2.75, 3.05) is 13.7 Å². The molecule has 1 aromatic carbocycles. The molecule has 2 N–H and O–H groups in total. The molecular formula is C9H11BrO3. The van der Waals surface area contributed by atoms with Crippen molar-refractivity contribution in [3.63, 3.8) is 0 Å². The molecule has 0 aliphatic carbocycles. The number of hydrogen-bond acceptors (Lipinski definition) is 3. The zero-order valence-corrected chi connectivity index (χ0v) is 8.78. The average Bonchev–Trinajstić information content (AvgIpc) is 2.17. The molecule has 0 bridgehead atoms. The van der Waals surface area contributed by atoms with Gasteiger partial charge in [0.25, 0.3) is 0 Å². The van der Waals surface area contributed by atoms with Crippen molar-refractivity contribution in [2.24, 2.45) is 0 Å². The highest BCUT2D eigenvalue weighted by atomic mass is 79.9. The van der Waals surface area contributed by atoms with Gasteiger partial charge in [0.2, 0.25) is 0 Å². The number of benzene rings is 1. The molecule has 0 radical (unpaired) electrons. The molecule has 4 heteroatoms. The topological polar surface area (TPSA) is 49.7 Å². The predicted molar refractivity (Wildman–Crippen MR) is 52.7 cm³/mol. The van der Waals surface area contributed by atoms with Gasteiger partial charge in [-0.2, -0.15) is 0 Å². The third-order valence-corrected chi connectivity index (χ3v) is 2.46. The number of halogens is 1. The molecule has 13 heavy (non-hydrogen) atoms.